The first-order valence-corrected chi connectivity index (χ1v) is 7.42. The highest BCUT2D eigenvalue weighted by molar-refractivity contribution is 5.76. The molecule has 0 atom stereocenters. The van der Waals surface area contributed by atoms with Crippen molar-refractivity contribution in [1.29, 1.82) is 0 Å². The summed E-state index contributed by atoms with van der Waals surface area (Å²) in [6.07, 6.45) is 3.87. The lowest BCUT2D eigenvalue weighted by atomic mass is 10.1. The van der Waals surface area contributed by atoms with Crippen molar-refractivity contribution in [2.45, 2.75) is 19.3 Å². The van der Waals surface area contributed by atoms with Gasteiger partial charge in [-0.2, -0.15) is 0 Å². The van der Waals surface area contributed by atoms with E-state index in [2.05, 4.69) is 15.5 Å². The smallest absolute Gasteiger partial charge is 0.220 e. The van der Waals surface area contributed by atoms with Crippen LogP contribution < -0.4 is 5.32 Å². The van der Waals surface area contributed by atoms with Gasteiger partial charge in [-0.15, -0.1) is 10.2 Å². The zero-order chi connectivity index (χ0) is 15.2. The fourth-order valence-corrected chi connectivity index (χ4v) is 2.37. The van der Waals surface area contributed by atoms with E-state index in [1.165, 1.54) is 5.56 Å². The summed E-state index contributed by atoms with van der Waals surface area (Å²) >= 11 is 0. The molecular formula is C17H18N4O. The SMILES string of the molecule is O=C(CCc1ccccc1)NCCc1nnc2ccccn12. The van der Waals surface area contributed by atoms with Crippen molar-refractivity contribution >= 4 is 11.6 Å². The molecule has 0 saturated heterocycles. The first-order chi connectivity index (χ1) is 10.8. The van der Waals surface area contributed by atoms with E-state index in [9.17, 15) is 4.79 Å². The first kappa shape index (κ1) is 14.3. The number of nitrogens with one attached hydrogen (secondary N) is 1. The van der Waals surface area contributed by atoms with Gasteiger partial charge in [-0.3, -0.25) is 9.20 Å². The molecule has 22 heavy (non-hydrogen) atoms. The van der Waals surface area contributed by atoms with Crippen LogP contribution in [0.15, 0.2) is 54.7 Å². The molecule has 0 aliphatic rings. The third-order valence-corrected chi connectivity index (χ3v) is 3.54. The number of carbonyl (C=O) groups excluding carboxylic acids is 1. The second-order valence-electron chi connectivity index (χ2n) is 5.13. The summed E-state index contributed by atoms with van der Waals surface area (Å²) in [7, 11) is 0. The van der Waals surface area contributed by atoms with Crippen LogP contribution in [-0.2, 0) is 17.6 Å². The van der Waals surface area contributed by atoms with Crippen LogP contribution in [0.5, 0.6) is 0 Å². The summed E-state index contributed by atoms with van der Waals surface area (Å²) in [5.74, 6) is 0.927. The maximum Gasteiger partial charge on any atom is 0.220 e. The lowest BCUT2D eigenvalue weighted by Crippen LogP contribution is -2.26. The molecule has 0 aliphatic heterocycles. The third kappa shape index (κ3) is 3.49. The molecule has 5 nitrogen and oxygen atoms in total. The molecule has 3 aromatic rings. The summed E-state index contributed by atoms with van der Waals surface area (Å²) in [4.78, 5) is 11.9. The van der Waals surface area contributed by atoms with Gasteiger partial charge in [0.25, 0.3) is 0 Å². The van der Waals surface area contributed by atoms with Crippen LogP contribution in [0.25, 0.3) is 5.65 Å². The Balaban J connectivity index is 1.45. The lowest BCUT2D eigenvalue weighted by Gasteiger charge is -2.05. The molecule has 0 radical (unpaired) electrons. The molecule has 0 bridgehead atoms. The Kier molecular flexibility index (Phi) is 4.44. The molecule has 1 N–H and O–H groups in total. The topological polar surface area (TPSA) is 59.3 Å². The van der Waals surface area contributed by atoms with Gasteiger partial charge in [-0.05, 0) is 24.1 Å². The van der Waals surface area contributed by atoms with Crippen LogP contribution in [0, 0.1) is 0 Å². The molecule has 1 aromatic carbocycles. The number of aromatic nitrogens is 3. The Morgan fingerprint density at radius 3 is 2.68 bits per heavy atom. The monoisotopic (exact) mass is 294 g/mol. The van der Waals surface area contributed by atoms with Crippen molar-refractivity contribution in [2.24, 2.45) is 0 Å². The molecule has 112 valence electrons. The first-order valence-electron chi connectivity index (χ1n) is 7.42. The van der Waals surface area contributed by atoms with Gasteiger partial charge in [0.05, 0.1) is 0 Å². The van der Waals surface area contributed by atoms with E-state index in [0.29, 0.717) is 19.4 Å². The normalized spacial score (nSPS) is 10.7. The van der Waals surface area contributed by atoms with Crippen molar-refractivity contribution in [1.82, 2.24) is 19.9 Å². The van der Waals surface area contributed by atoms with Gasteiger partial charge in [0, 0.05) is 25.6 Å². The van der Waals surface area contributed by atoms with E-state index in [0.717, 1.165) is 17.9 Å². The van der Waals surface area contributed by atoms with Crippen LogP contribution in [0.1, 0.15) is 17.8 Å². The van der Waals surface area contributed by atoms with Crippen LogP contribution in [0.2, 0.25) is 0 Å². The zero-order valence-corrected chi connectivity index (χ0v) is 12.3. The molecule has 0 unspecified atom stereocenters. The number of nitrogens with zero attached hydrogens (tertiary/aromatic N) is 3. The van der Waals surface area contributed by atoms with E-state index < -0.39 is 0 Å². The van der Waals surface area contributed by atoms with Crippen molar-refractivity contribution in [3.05, 3.63) is 66.1 Å². The Morgan fingerprint density at radius 1 is 1.00 bits per heavy atom. The maximum absolute atomic E-state index is 11.9. The van der Waals surface area contributed by atoms with Gasteiger partial charge in [0.15, 0.2) is 5.65 Å². The van der Waals surface area contributed by atoms with Gasteiger partial charge in [0.2, 0.25) is 5.91 Å². The van der Waals surface area contributed by atoms with Crippen LogP contribution in [0.3, 0.4) is 0 Å². The highest BCUT2D eigenvalue weighted by Gasteiger charge is 2.06. The molecule has 0 spiro atoms. The Hall–Kier alpha value is -2.69. The molecule has 1 amide bonds. The summed E-state index contributed by atoms with van der Waals surface area (Å²) in [6, 6.07) is 15.8. The fourth-order valence-electron chi connectivity index (χ4n) is 2.37. The van der Waals surface area contributed by atoms with Crippen molar-refractivity contribution in [2.75, 3.05) is 6.54 Å². The molecule has 5 heteroatoms. The maximum atomic E-state index is 11.9. The standard InChI is InChI=1S/C17H18N4O/c22-17(10-9-14-6-2-1-3-7-14)18-12-11-16-20-19-15-8-4-5-13-21(15)16/h1-8,13H,9-12H2,(H,18,22). The molecule has 3 rings (SSSR count). The van der Waals surface area contributed by atoms with Crippen molar-refractivity contribution < 1.29 is 4.79 Å². The van der Waals surface area contributed by atoms with E-state index in [4.69, 9.17) is 0 Å². The Bertz CT molecular complexity index is 751. The summed E-state index contributed by atoms with van der Waals surface area (Å²) < 4.78 is 1.94. The number of hydrogen-bond donors (Lipinski definition) is 1. The van der Waals surface area contributed by atoms with Crippen LogP contribution >= 0.6 is 0 Å². The van der Waals surface area contributed by atoms with Gasteiger partial charge in [0.1, 0.15) is 5.82 Å². The lowest BCUT2D eigenvalue weighted by molar-refractivity contribution is -0.121. The molecule has 0 saturated carbocycles. The van der Waals surface area contributed by atoms with Gasteiger partial charge in [-0.1, -0.05) is 36.4 Å². The van der Waals surface area contributed by atoms with E-state index in [-0.39, 0.29) is 5.91 Å². The highest BCUT2D eigenvalue weighted by atomic mass is 16.1. The molecule has 0 fully saturated rings. The highest BCUT2D eigenvalue weighted by Crippen LogP contribution is 2.04. The number of aryl methyl sites for hydroxylation is 1. The van der Waals surface area contributed by atoms with Crippen LogP contribution in [-0.4, -0.2) is 27.0 Å². The molecule has 2 aromatic heterocycles. The minimum absolute atomic E-state index is 0.0673. The summed E-state index contributed by atoms with van der Waals surface area (Å²) in [5.41, 5.74) is 2.01. The second-order valence-corrected chi connectivity index (χ2v) is 5.13. The third-order valence-electron chi connectivity index (χ3n) is 3.54. The fraction of sp³-hybridized carbons (Fsp3) is 0.235. The molecule has 0 aliphatic carbocycles. The number of rotatable bonds is 6. The largest absolute Gasteiger partial charge is 0.356 e. The van der Waals surface area contributed by atoms with E-state index in [1.807, 2.05) is 59.1 Å². The number of benzene rings is 1. The number of pyridine rings is 1. The predicted octanol–water partition coefficient (Wildman–Crippen LogP) is 2.02. The Labute approximate surface area is 129 Å². The average molecular weight is 294 g/mol. The molecule has 2 heterocycles. The Morgan fingerprint density at radius 2 is 1.82 bits per heavy atom. The van der Waals surface area contributed by atoms with Crippen molar-refractivity contribution in [3.63, 3.8) is 0 Å². The van der Waals surface area contributed by atoms with E-state index in [1.54, 1.807) is 0 Å². The van der Waals surface area contributed by atoms with Gasteiger partial charge in [-0.25, -0.2) is 0 Å². The quantitative estimate of drug-likeness (QED) is 0.756. The minimum Gasteiger partial charge on any atom is -0.356 e. The summed E-state index contributed by atoms with van der Waals surface area (Å²) in [5, 5.41) is 11.2. The van der Waals surface area contributed by atoms with Gasteiger partial charge < -0.3 is 5.32 Å². The predicted molar refractivity (Wildman–Crippen MR) is 84.5 cm³/mol. The molecular weight excluding hydrogens is 276 g/mol. The second kappa shape index (κ2) is 6.85. The number of fused-ring (bicyclic) bond motifs is 1. The van der Waals surface area contributed by atoms with E-state index >= 15 is 0 Å². The number of hydrogen-bond acceptors (Lipinski definition) is 3. The average Bonchev–Trinajstić information content (AvgIpc) is 2.97. The zero-order valence-electron chi connectivity index (χ0n) is 12.3. The van der Waals surface area contributed by atoms with Crippen molar-refractivity contribution in [3.8, 4) is 0 Å². The summed E-state index contributed by atoms with van der Waals surface area (Å²) in [6.45, 7) is 0.573. The minimum atomic E-state index is 0.0673. The van der Waals surface area contributed by atoms with Gasteiger partial charge >= 0.3 is 0 Å². The number of amides is 1. The van der Waals surface area contributed by atoms with Crippen LogP contribution in [0.4, 0.5) is 0 Å². The number of carbonyl (C=O) groups is 1.